The van der Waals surface area contributed by atoms with Crippen LogP contribution in [0.15, 0.2) is 60.7 Å². The number of rotatable bonds is 9. The van der Waals surface area contributed by atoms with Crippen LogP contribution in [-0.4, -0.2) is 38.1 Å². The number of nitrogens with zero attached hydrogens (tertiary/aromatic N) is 1. The maximum absolute atomic E-state index is 12.8. The van der Waals surface area contributed by atoms with Gasteiger partial charge in [-0.25, -0.2) is 9.80 Å². The fraction of sp³-hybridized carbons (Fsp3) is 0.208. The third-order valence-electron chi connectivity index (χ3n) is 4.59. The lowest BCUT2D eigenvalue weighted by Gasteiger charge is -2.15. The van der Waals surface area contributed by atoms with Crippen LogP contribution in [0.3, 0.4) is 0 Å². The molecule has 0 spiro atoms. The summed E-state index contributed by atoms with van der Waals surface area (Å²) in [5.41, 5.74) is 4.36. The average Bonchev–Trinajstić information content (AvgIpc) is 3.07. The van der Waals surface area contributed by atoms with Crippen molar-refractivity contribution in [2.24, 2.45) is 0 Å². The molecule has 166 valence electrons. The summed E-state index contributed by atoms with van der Waals surface area (Å²) in [6.45, 7) is 5.44. The van der Waals surface area contributed by atoms with Gasteiger partial charge in [0.05, 0.1) is 19.4 Å². The second kappa shape index (κ2) is 10.3. The highest BCUT2D eigenvalue weighted by Crippen LogP contribution is 2.35. The number of amides is 2. The molecule has 2 aromatic rings. The number of ether oxygens (including phenoxy) is 3. The lowest BCUT2D eigenvalue weighted by Crippen LogP contribution is -2.35. The van der Waals surface area contributed by atoms with Crippen LogP contribution in [-0.2, 0) is 25.5 Å². The van der Waals surface area contributed by atoms with Gasteiger partial charge in [0.25, 0.3) is 11.8 Å². The number of benzene rings is 2. The van der Waals surface area contributed by atoms with Gasteiger partial charge in [0.2, 0.25) is 0 Å². The fourth-order valence-electron chi connectivity index (χ4n) is 3.21. The molecule has 0 aliphatic carbocycles. The molecule has 1 aliphatic rings. The highest BCUT2D eigenvalue weighted by Gasteiger charge is 2.34. The van der Waals surface area contributed by atoms with Gasteiger partial charge in [0.15, 0.2) is 18.1 Å². The summed E-state index contributed by atoms with van der Waals surface area (Å²) in [5.74, 6) is -0.750. The van der Waals surface area contributed by atoms with Crippen LogP contribution in [0.1, 0.15) is 18.1 Å². The Bertz CT molecular complexity index is 1060. The van der Waals surface area contributed by atoms with E-state index in [4.69, 9.17) is 14.2 Å². The average molecular weight is 436 g/mol. The number of methoxy groups -OCH3 is 1. The normalized spacial score (nSPS) is 14.3. The maximum atomic E-state index is 12.8. The van der Waals surface area contributed by atoms with E-state index in [1.54, 1.807) is 49.4 Å². The Morgan fingerprint density at radius 2 is 1.94 bits per heavy atom. The predicted molar refractivity (Wildman–Crippen MR) is 119 cm³/mol. The van der Waals surface area contributed by atoms with Crippen molar-refractivity contribution in [2.75, 3.05) is 25.3 Å². The van der Waals surface area contributed by atoms with E-state index in [-0.39, 0.29) is 18.8 Å². The van der Waals surface area contributed by atoms with Gasteiger partial charge in [0, 0.05) is 5.56 Å². The number of hydrogen-bond donors (Lipinski definition) is 1. The molecule has 8 nitrogen and oxygen atoms in total. The molecule has 1 aliphatic heterocycles. The van der Waals surface area contributed by atoms with Crippen molar-refractivity contribution in [3.8, 4) is 11.5 Å². The van der Waals surface area contributed by atoms with Crippen LogP contribution in [0.25, 0.3) is 6.08 Å². The molecule has 0 unspecified atom stereocenters. The predicted octanol–water partition coefficient (Wildman–Crippen LogP) is 2.83. The van der Waals surface area contributed by atoms with E-state index in [0.29, 0.717) is 34.7 Å². The summed E-state index contributed by atoms with van der Waals surface area (Å²) in [5, 5.41) is 1.20. The number of para-hydroxylation sites is 1. The highest BCUT2D eigenvalue weighted by molar-refractivity contribution is 6.31. The molecule has 0 atom stereocenters. The molecular weight excluding hydrogens is 412 g/mol. The Balaban J connectivity index is 1.93. The van der Waals surface area contributed by atoms with E-state index in [9.17, 15) is 14.4 Å². The van der Waals surface area contributed by atoms with Crippen LogP contribution >= 0.6 is 0 Å². The van der Waals surface area contributed by atoms with Gasteiger partial charge in [0.1, 0.15) is 5.57 Å². The number of carbonyl (C=O) groups excluding carboxylic acids is 3. The first-order valence-electron chi connectivity index (χ1n) is 10.0. The van der Waals surface area contributed by atoms with Gasteiger partial charge < -0.3 is 14.2 Å². The van der Waals surface area contributed by atoms with Gasteiger partial charge >= 0.3 is 5.97 Å². The molecule has 3 rings (SSSR count). The molecule has 1 fully saturated rings. The van der Waals surface area contributed by atoms with E-state index in [1.165, 1.54) is 18.2 Å². The van der Waals surface area contributed by atoms with Crippen molar-refractivity contribution in [1.29, 1.82) is 0 Å². The molecule has 1 heterocycles. The Labute approximate surface area is 186 Å². The molecule has 2 amide bonds. The highest BCUT2D eigenvalue weighted by atomic mass is 16.6. The van der Waals surface area contributed by atoms with Crippen LogP contribution in [0.2, 0.25) is 0 Å². The van der Waals surface area contributed by atoms with Gasteiger partial charge in [-0.1, -0.05) is 24.3 Å². The molecule has 1 N–H and O–H groups in total. The van der Waals surface area contributed by atoms with Crippen LogP contribution in [0.4, 0.5) is 5.69 Å². The van der Waals surface area contributed by atoms with Gasteiger partial charge in [-0.15, -0.1) is 6.58 Å². The quantitative estimate of drug-likeness (QED) is 0.281. The standard InChI is InChI=1S/C24H24N2O6/c1-4-9-17-12-16(14-20(30-3)22(17)32-15-21(27)31-5-2)13-19-23(28)25-26(24(19)29)18-10-7-6-8-11-18/h4,6-8,10-14H,1,5,9,15H2,2-3H3,(H,25,28). The fourth-order valence-corrected chi connectivity index (χ4v) is 3.21. The van der Waals surface area contributed by atoms with E-state index < -0.39 is 17.8 Å². The summed E-state index contributed by atoms with van der Waals surface area (Å²) in [7, 11) is 1.46. The van der Waals surface area contributed by atoms with Crippen LogP contribution < -0.4 is 19.9 Å². The van der Waals surface area contributed by atoms with Crippen molar-refractivity contribution >= 4 is 29.5 Å². The van der Waals surface area contributed by atoms with Crippen molar-refractivity contribution in [3.63, 3.8) is 0 Å². The largest absolute Gasteiger partial charge is 0.493 e. The Hall–Kier alpha value is -4.07. The minimum Gasteiger partial charge on any atom is -0.493 e. The SMILES string of the molecule is C=CCc1cc(C=C2C(=O)NN(c3ccccc3)C2=O)cc(OC)c1OCC(=O)OCC. The smallest absolute Gasteiger partial charge is 0.344 e. The summed E-state index contributed by atoms with van der Waals surface area (Å²) in [4.78, 5) is 37.0. The second-order valence-corrected chi connectivity index (χ2v) is 6.77. The summed E-state index contributed by atoms with van der Waals surface area (Å²) in [6, 6.07) is 12.2. The molecule has 1 saturated heterocycles. The van der Waals surface area contributed by atoms with E-state index in [0.717, 1.165) is 0 Å². The second-order valence-electron chi connectivity index (χ2n) is 6.77. The third kappa shape index (κ3) is 4.97. The Morgan fingerprint density at radius 3 is 2.59 bits per heavy atom. The Morgan fingerprint density at radius 1 is 1.19 bits per heavy atom. The van der Waals surface area contributed by atoms with Crippen LogP contribution in [0, 0.1) is 0 Å². The number of esters is 1. The minimum absolute atomic E-state index is 0.0133. The van der Waals surface area contributed by atoms with Gasteiger partial charge in [-0.2, -0.15) is 0 Å². The lowest BCUT2D eigenvalue weighted by molar-refractivity contribution is -0.145. The summed E-state index contributed by atoms with van der Waals surface area (Å²) in [6.07, 6.45) is 3.58. The summed E-state index contributed by atoms with van der Waals surface area (Å²) >= 11 is 0. The van der Waals surface area contributed by atoms with E-state index in [2.05, 4.69) is 12.0 Å². The topological polar surface area (TPSA) is 94.2 Å². The molecule has 32 heavy (non-hydrogen) atoms. The zero-order valence-electron chi connectivity index (χ0n) is 17.9. The van der Waals surface area contributed by atoms with Crippen molar-refractivity contribution < 1.29 is 28.6 Å². The maximum Gasteiger partial charge on any atom is 0.344 e. The molecule has 8 heteroatoms. The Kier molecular flexibility index (Phi) is 7.28. The zero-order valence-corrected chi connectivity index (χ0v) is 17.9. The number of allylic oxidation sites excluding steroid dienone is 1. The van der Waals surface area contributed by atoms with Crippen molar-refractivity contribution in [2.45, 2.75) is 13.3 Å². The molecule has 0 aromatic heterocycles. The van der Waals surface area contributed by atoms with Crippen molar-refractivity contribution in [3.05, 3.63) is 71.8 Å². The number of carbonyl (C=O) groups is 3. The zero-order chi connectivity index (χ0) is 23.1. The summed E-state index contributed by atoms with van der Waals surface area (Å²) < 4.78 is 16.0. The van der Waals surface area contributed by atoms with E-state index in [1.807, 2.05) is 6.07 Å². The van der Waals surface area contributed by atoms with Gasteiger partial charge in [-0.05, 0) is 49.2 Å². The molecule has 2 aromatic carbocycles. The number of nitrogens with one attached hydrogen (secondary N) is 1. The lowest BCUT2D eigenvalue weighted by atomic mass is 10.0. The molecule has 0 saturated carbocycles. The van der Waals surface area contributed by atoms with Crippen LogP contribution in [0.5, 0.6) is 11.5 Å². The molecule has 0 bridgehead atoms. The first kappa shape index (κ1) is 22.6. The van der Waals surface area contributed by atoms with E-state index >= 15 is 0 Å². The monoisotopic (exact) mass is 436 g/mol. The van der Waals surface area contributed by atoms with Crippen molar-refractivity contribution in [1.82, 2.24) is 5.43 Å². The third-order valence-corrected chi connectivity index (χ3v) is 4.59. The number of hydrazine groups is 1. The first-order chi connectivity index (χ1) is 15.5. The van der Waals surface area contributed by atoms with Gasteiger partial charge in [-0.3, -0.25) is 15.0 Å². The molecular formula is C24H24N2O6. The molecule has 0 radical (unpaired) electrons. The number of anilines is 1. The first-order valence-corrected chi connectivity index (χ1v) is 10.0. The minimum atomic E-state index is -0.509. The number of hydrogen-bond acceptors (Lipinski definition) is 6.